The van der Waals surface area contributed by atoms with Crippen LogP contribution in [0, 0.1) is 6.92 Å². The second-order valence-corrected chi connectivity index (χ2v) is 43.8. The summed E-state index contributed by atoms with van der Waals surface area (Å²) >= 11 is 0. The minimum atomic E-state index is -7.31. The molecule has 0 atom stereocenters. The number of halogens is 12. The van der Waals surface area contributed by atoms with E-state index in [9.17, 15) is 94.8 Å². The number of aliphatic imine (C=N–C) groups is 5. The molecule has 10 N–H and O–H groups in total. The summed E-state index contributed by atoms with van der Waals surface area (Å²) in [6.45, 7) is 1.95. The summed E-state index contributed by atoms with van der Waals surface area (Å²) in [6.07, 6.45) is 44.4. The van der Waals surface area contributed by atoms with E-state index in [0.29, 0.717) is 87.4 Å². The summed E-state index contributed by atoms with van der Waals surface area (Å²) < 4.78 is 288. The van der Waals surface area contributed by atoms with Crippen LogP contribution >= 0.6 is 0 Å². The molecule has 25 nitrogen and oxygen atoms in total. The molecule has 10 aliphatic rings. The van der Waals surface area contributed by atoms with Gasteiger partial charge in [0.1, 0.15) is 0 Å². The molecular formula is C84H135F12N15O10S5. The lowest BCUT2D eigenvalue weighted by Gasteiger charge is -2.33. The Hall–Kier alpha value is -6.30. The third kappa shape index (κ3) is 35.1. The van der Waals surface area contributed by atoms with Crippen LogP contribution in [0.15, 0.2) is 89.4 Å². The predicted molar refractivity (Wildman–Crippen MR) is 469 cm³/mol. The lowest BCUT2D eigenvalue weighted by molar-refractivity contribution is -0.382. The van der Waals surface area contributed by atoms with Gasteiger partial charge in [-0.2, -0.15) is 69.5 Å². The second kappa shape index (κ2) is 49.8. The lowest BCUT2D eigenvalue weighted by Crippen LogP contribution is -2.66. The van der Waals surface area contributed by atoms with Gasteiger partial charge in [-0.15, -0.1) is 0 Å². The molecule has 0 unspecified atom stereocenters. The Morgan fingerprint density at radius 3 is 0.738 bits per heavy atom. The topological polar surface area (TPSA) is 353 Å². The van der Waals surface area contributed by atoms with E-state index in [1.165, 1.54) is 122 Å². The SMILES string of the molecule is CS(=O)(=O)NC(=NC1CCCCC1)NC1CCCCC1.Cc1ccc(S(=O)(=O)NC(=NC2CCCCC2)NC2CCCCC2)cc1.O=S(=O)(NC(=NC1CCCCC1)NC1CCCCC1)C(F)(F)C(F)(F)C(F)(F)C(F)(F)F.O=S(=O)(NC(=NC1CCCCC1)NC1CCCCC1)C(F)(F)F.O=S(=O)(NC(=NC1CCCCC1)NC1CCCCC1)c1ccccc1. The molecule has 720 valence electrons. The molecule has 0 radical (unpaired) electrons. The molecule has 10 fully saturated rings. The molecule has 126 heavy (non-hydrogen) atoms. The first-order chi connectivity index (χ1) is 59.5. The second-order valence-electron chi connectivity index (χ2n) is 35.3. The molecule has 0 amide bonds. The Labute approximate surface area is 738 Å². The average molecular weight is 1900 g/mol. The minimum Gasteiger partial charge on any atom is -0.353 e. The number of rotatable bonds is 20. The highest BCUT2D eigenvalue weighted by Crippen LogP contribution is 2.54. The van der Waals surface area contributed by atoms with Crippen molar-refractivity contribution < 1.29 is 94.8 Å². The summed E-state index contributed by atoms with van der Waals surface area (Å²) in [6, 6.07) is 16.0. The minimum absolute atomic E-state index is 0.0259. The van der Waals surface area contributed by atoms with E-state index >= 15 is 0 Å². The Bertz CT molecular complexity index is 4350. The van der Waals surface area contributed by atoms with Crippen LogP contribution in [0.1, 0.15) is 327 Å². The van der Waals surface area contributed by atoms with Gasteiger partial charge in [-0.1, -0.05) is 229 Å². The first-order valence-electron chi connectivity index (χ1n) is 45.7. The van der Waals surface area contributed by atoms with Crippen molar-refractivity contribution in [3.63, 3.8) is 0 Å². The molecule has 0 aromatic heterocycles. The molecule has 42 heteroatoms. The number of benzene rings is 2. The molecular weight excluding hydrogens is 1770 g/mol. The van der Waals surface area contributed by atoms with E-state index in [1.54, 1.807) is 41.1 Å². The van der Waals surface area contributed by atoms with Crippen molar-refractivity contribution in [1.29, 1.82) is 0 Å². The highest BCUT2D eigenvalue weighted by molar-refractivity contribution is 7.91. The number of nitrogens with one attached hydrogen (secondary N) is 10. The smallest absolute Gasteiger partial charge is 0.353 e. The Kier molecular flexibility index (Phi) is 41.5. The highest BCUT2D eigenvalue weighted by Gasteiger charge is 2.85. The van der Waals surface area contributed by atoms with Crippen LogP contribution in [0.3, 0.4) is 0 Å². The zero-order chi connectivity index (χ0) is 91.7. The number of hydrogen-bond donors (Lipinski definition) is 10. The first kappa shape index (κ1) is 105. The van der Waals surface area contributed by atoms with E-state index < -0.39 is 96.9 Å². The fraction of sp³-hybridized carbons (Fsp3) is 0.798. The van der Waals surface area contributed by atoms with E-state index in [-0.39, 0.29) is 46.0 Å². The predicted octanol–water partition coefficient (Wildman–Crippen LogP) is 17.6. The van der Waals surface area contributed by atoms with E-state index in [1.807, 2.05) is 25.1 Å². The van der Waals surface area contributed by atoms with Crippen molar-refractivity contribution in [1.82, 2.24) is 50.2 Å². The molecule has 0 spiro atoms. The van der Waals surface area contributed by atoms with E-state index in [4.69, 9.17) is 9.98 Å². The van der Waals surface area contributed by atoms with E-state index in [2.05, 4.69) is 55.7 Å². The van der Waals surface area contributed by atoms with Gasteiger partial charge in [-0.25, -0.2) is 69.1 Å². The van der Waals surface area contributed by atoms with Crippen LogP contribution in [-0.4, -0.2) is 167 Å². The van der Waals surface area contributed by atoms with Crippen molar-refractivity contribution in [2.45, 2.75) is 427 Å². The third-order valence-electron chi connectivity index (χ3n) is 24.5. The number of guanidine groups is 5. The van der Waals surface area contributed by atoms with Crippen molar-refractivity contribution in [2.75, 3.05) is 6.26 Å². The summed E-state index contributed by atoms with van der Waals surface area (Å²) in [5.74, 6) is -14.4. The van der Waals surface area contributed by atoms with Crippen LogP contribution < -0.4 is 50.2 Å². The normalized spacial score (nSPS) is 21.8. The average Bonchev–Trinajstić information content (AvgIpc) is 0.721. The monoisotopic (exact) mass is 1900 g/mol. The maximum atomic E-state index is 14.1. The van der Waals surface area contributed by atoms with Crippen LogP contribution in [0.4, 0.5) is 52.7 Å². The summed E-state index contributed by atoms with van der Waals surface area (Å²) in [7, 11) is -22.7. The molecule has 0 aliphatic heterocycles. The number of sulfonamides is 5. The van der Waals surface area contributed by atoms with Crippen molar-refractivity contribution >= 4 is 79.9 Å². The van der Waals surface area contributed by atoms with Gasteiger partial charge in [0.15, 0.2) is 0 Å². The molecule has 0 bridgehead atoms. The molecule has 2 aromatic rings. The van der Waals surface area contributed by atoms with Crippen LogP contribution in [-0.2, 0) is 50.1 Å². The first-order valence-corrected chi connectivity index (χ1v) is 53.5. The van der Waals surface area contributed by atoms with Gasteiger partial charge < -0.3 is 26.6 Å². The van der Waals surface area contributed by atoms with Gasteiger partial charge in [-0.05, 0) is 160 Å². The Morgan fingerprint density at radius 2 is 0.500 bits per heavy atom. The van der Waals surface area contributed by atoms with Gasteiger partial charge in [0, 0.05) is 30.2 Å². The molecule has 2 aromatic carbocycles. The van der Waals surface area contributed by atoms with Crippen LogP contribution in [0.5, 0.6) is 0 Å². The molecule has 0 heterocycles. The quantitative estimate of drug-likeness (QED) is 0.0335. The molecule has 10 aliphatic carbocycles. The zero-order valence-corrected chi connectivity index (χ0v) is 76.8. The van der Waals surface area contributed by atoms with Crippen LogP contribution in [0.25, 0.3) is 0 Å². The van der Waals surface area contributed by atoms with Crippen molar-refractivity contribution in [2.24, 2.45) is 25.0 Å². The number of alkyl halides is 12. The lowest BCUT2D eigenvalue weighted by atomic mass is 9.95. The third-order valence-corrected chi connectivity index (χ3v) is 30.2. The molecule has 10 saturated carbocycles. The van der Waals surface area contributed by atoms with Gasteiger partial charge in [0.25, 0.3) is 20.0 Å². The van der Waals surface area contributed by atoms with Gasteiger partial charge in [-0.3, -0.25) is 4.72 Å². The molecule has 0 saturated heterocycles. The zero-order valence-electron chi connectivity index (χ0n) is 72.7. The summed E-state index contributed by atoms with van der Waals surface area (Å²) in [5, 5.41) is 8.72. The summed E-state index contributed by atoms with van der Waals surface area (Å²) in [4.78, 5) is 22.9. The van der Waals surface area contributed by atoms with Crippen molar-refractivity contribution in [3.8, 4) is 0 Å². The number of hydrogen-bond acceptors (Lipinski definition) is 15. The fourth-order valence-corrected chi connectivity index (χ4v) is 21.3. The maximum Gasteiger partial charge on any atom is 0.516 e. The summed E-state index contributed by atoms with van der Waals surface area (Å²) in [5.41, 5.74) is -4.30. The van der Waals surface area contributed by atoms with Gasteiger partial charge in [0.05, 0.1) is 46.3 Å². The largest absolute Gasteiger partial charge is 0.516 e. The highest BCUT2D eigenvalue weighted by atomic mass is 32.2. The van der Waals surface area contributed by atoms with E-state index in [0.717, 1.165) is 164 Å². The van der Waals surface area contributed by atoms with Gasteiger partial charge in [0.2, 0.25) is 39.8 Å². The number of nitrogens with zero attached hydrogens (tertiary/aromatic N) is 5. The van der Waals surface area contributed by atoms with Crippen molar-refractivity contribution in [3.05, 3.63) is 60.2 Å². The maximum absolute atomic E-state index is 14.1. The van der Waals surface area contributed by atoms with Gasteiger partial charge >= 0.3 is 48.8 Å². The number of aryl methyl sites for hydroxylation is 1. The standard InChI is InChI=1S/C20H31N3O2S.C19H29N3O2S.C17H24F9N3O2S.C14H24F3N3O2S.C14H27N3O2S/c1-16-12-14-19(15-13-16)26(24,25)23-20(21-17-8-4-2-5-9-17)22-18-10-6-3-7-11-18;23-25(24,18-14-8-3-9-15-18)22-19(20-16-10-4-1-5-11-16)21-17-12-6-2-7-13-17;18-14(19,16(22,23)24)15(20,21)17(25,26)32(30,31)29-13(27-11-7-3-1-4-8-11)28-12-9-5-2-6-10-12;15-14(16,17)23(21,22)20-13(18-11-7-3-1-4-8-11)19-12-9-5-2-6-10-12;1-20(18,19)17-14(15-12-8-4-2-5-9-12)16-13-10-6-3-7-11-13/h12-15,17-18H,2-11H2,1H3,(H2,21,22,23);3,8-9,14-17H,1-2,4-7,10-13H2,(H2,20,21,22);11-12H,1-10H2,(H2,27,28,29);11-12H,1-10H2,(H2,18,19,20);12-13H,2-11H2,1H3,(H2,15,16,17). The van der Waals surface area contributed by atoms with Crippen LogP contribution in [0.2, 0.25) is 0 Å². The fourth-order valence-electron chi connectivity index (χ4n) is 17.4. The molecule has 12 rings (SSSR count). The Morgan fingerprint density at radius 1 is 0.278 bits per heavy atom. The Balaban J connectivity index is 0.000000196.